The topological polar surface area (TPSA) is 42.0 Å². The number of halogens is 1. The van der Waals surface area contributed by atoms with Crippen LogP contribution in [-0.2, 0) is 0 Å². The highest BCUT2D eigenvalue weighted by molar-refractivity contribution is 9.10. The second-order valence-electron chi connectivity index (χ2n) is 4.77. The maximum Gasteiger partial charge on any atom is 0.255 e. The highest BCUT2D eigenvalue weighted by Gasteiger charge is 2.10. The van der Waals surface area contributed by atoms with E-state index in [2.05, 4.69) is 26.2 Å². The zero-order valence-electron chi connectivity index (χ0n) is 11.4. The van der Waals surface area contributed by atoms with Gasteiger partial charge in [0.1, 0.15) is 0 Å². The first kappa shape index (κ1) is 13.8. The second-order valence-corrected chi connectivity index (χ2v) is 5.62. The van der Waals surface area contributed by atoms with Crippen molar-refractivity contribution in [1.82, 2.24) is 4.98 Å². The quantitative estimate of drug-likeness (QED) is 0.743. The summed E-state index contributed by atoms with van der Waals surface area (Å²) in [5.74, 6) is -0.137. The van der Waals surface area contributed by atoms with Gasteiger partial charge in [0, 0.05) is 21.1 Å². The van der Waals surface area contributed by atoms with E-state index in [1.807, 2.05) is 49.4 Å². The first-order valence-electron chi connectivity index (χ1n) is 6.57. The first-order chi connectivity index (χ1) is 10.1. The SMILES string of the molecule is Cc1cc(Br)c2cccc(NC(=O)c3ccccc3)c2n1. The zero-order valence-corrected chi connectivity index (χ0v) is 13.0. The average molecular weight is 341 g/mol. The van der Waals surface area contributed by atoms with Crippen LogP contribution in [0.4, 0.5) is 5.69 Å². The molecule has 4 heteroatoms. The van der Waals surface area contributed by atoms with E-state index in [9.17, 15) is 4.79 Å². The van der Waals surface area contributed by atoms with E-state index in [0.29, 0.717) is 11.3 Å². The molecule has 21 heavy (non-hydrogen) atoms. The number of pyridine rings is 1. The van der Waals surface area contributed by atoms with Crippen LogP contribution in [0.2, 0.25) is 0 Å². The van der Waals surface area contributed by atoms with E-state index < -0.39 is 0 Å². The Morgan fingerprint density at radius 2 is 1.86 bits per heavy atom. The fourth-order valence-corrected chi connectivity index (χ4v) is 2.86. The molecule has 104 valence electrons. The minimum absolute atomic E-state index is 0.137. The van der Waals surface area contributed by atoms with Crippen LogP contribution in [0.1, 0.15) is 16.1 Å². The van der Waals surface area contributed by atoms with Crippen molar-refractivity contribution in [3.05, 3.63) is 70.3 Å². The average Bonchev–Trinajstić information content (AvgIpc) is 2.49. The number of carbonyl (C=O) groups excluding carboxylic acids is 1. The third kappa shape index (κ3) is 2.81. The summed E-state index contributed by atoms with van der Waals surface area (Å²) in [6.07, 6.45) is 0. The van der Waals surface area contributed by atoms with Crippen LogP contribution in [0.3, 0.4) is 0 Å². The lowest BCUT2D eigenvalue weighted by Crippen LogP contribution is -2.12. The normalized spacial score (nSPS) is 10.6. The van der Waals surface area contributed by atoms with Crippen molar-refractivity contribution in [2.45, 2.75) is 6.92 Å². The highest BCUT2D eigenvalue weighted by Crippen LogP contribution is 2.28. The van der Waals surface area contributed by atoms with Gasteiger partial charge in [-0.15, -0.1) is 0 Å². The van der Waals surface area contributed by atoms with E-state index in [1.165, 1.54) is 0 Å². The minimum atomic E-state index is -0.137. The number of nitrogens with zero attached hydrogens (tertiary/aromatic N) is 1. The summed E-state index contributed by atoms with van der Waals surface area (Å²) in [5.41, 5.74) is 3.02. The third-order valence-electron chi connectivity index (χ3n) is 3.20. The maximum absolute atomic E-state index is 12.3. The lowest BCUT2D eigenvalue weighted by atomic mass is 10.1. The van der Waals surface area contributed by atoms with Gasteiger partial charge in [0.25, 0.3) is 5.91 Å². The van der Waals surface area contributed by atoms with Crippen molar-refractivity contribution in [1.29, 1.82) is 0 Å². The number of carbonyl (C=O) groups is 1. The minimum Gasteiger partial charge on any atom is -0.320 e. The molecule has 1 amide bonds. The second kappa shape index (κ2) is 5.66. The molecule has 0 fully saturated rings. The molecule has 2 aromatic carbocycles. The number of rotatable bonds is 2. The Morgan fingerprint density at radius 3 is 2.62 bits per heavy atom. The van der Waals surface area contributed by atoms with Gasteiger partial charge in [-0.3, -0.25) is 9.78 Å². The summed E-state index contributed by atoms with van der Waals surface area (Å²) in [6, 6.07) is 16.9. The van der Waals surface area contributed by atoms with E-state index in [-0.39, 0.29) is 5.91 Å². The first-order valence-corrected chi connectivity index (χ1v) is 7.37. The number of amides is 1. The molecule has 1 N–H and O–H groups in total. The molecule has 3 nitrogen and oxygen atoms in total. The van der Waals surface area contributed by atoms with Gasteiger partial charge in [0.05, 0.1) is 11.2 Å². The Morgan fingerprint density at radius 1 is 1.10 bits per heavy atom. The van der Waals surface area contributed by atoms with Crippen LogP contribution in [0, 0.1) is 6.92 Å². The van der Waals surface area contributed by atoms with E-state index in [1.54, 1.807) is 12.1 Å². The number of anilines is 1. The lowest BCUT2D eigenvalue weighted by molar-refractivity contribution is 0.102. The van der Waals surface area contributed by atoms with Gasteiger partial charge in [-0.25, -0.2) is 0 Å². The molecule has 0 saturated heterocycles. The van der Waals surface area contributed by atoms with Gasteiger partial charge in [-0.2, -0.15) is 0 Å². The van der Waals surface area contributed by atoms with E-state index in [4.69, 9.17) is 0 Å². The van der Waals surface area contributed by atoms with Gasteiger partial charge < -0.3 is 5.32 Å². The Balaban J connectivity index is 2.03. The summed E-state index contributed by atoms with van der Waals surface area (Å²) in [7, 11) is 0. The number of hydrogen-bond donors (Lipinski definition) is 1. The Bertz CT molecular complexity index is 816. The van der Waals surface area contributed by atoms with Gasteiger partial charge in [-0.05, 0) is 31.2 Å². The summed E-state index contributed by atoms with van der Waals surface area (Å²) in [4.78, 5) is 16.8. The Hall–Kier alpha value is -2.20. The largest absolute Gasteiger partial charge is 0.320 e. The van der Waals surface area contributed by atoms with Crippen molar-refractivity contribution in [2.24, 2.45) is 0 Å². The van der Waals surface area contributed by atoms with Crippen molar-refractivity contribution in [2.75, 3.05) is 5.32 Å². The summed E-state index contributed by atoms with van der Waals surface area (Å²) < 4.78 is 0.973. The van der Waals surface area contributed by atoms with E-state index in [0.717, 1.165) is 21.1 Å². The van der Waals surface area contributed by atoms with Crippen molar-refractivity contribution < 1.29 is 4.79 Å². The summed E-state index contributed by atoms with van der Waals surface area (Å²) in [6.45, 7) is 1.93. The number of hydrogen-bond acceptors (Lipinski definition) is 2. The smallest absolute Gasteiger partial charge is 0.255 e. The molecule has 0 saturated carbocycles. The number of para-hydroxylation sites is 1. The van der Waals surface area contributed by atoms with Crippen LogP contribution < -0.4 is 5.32 Å². The Labute approximate surface area is 131 Å². The summed E-state index contributed by atoms with van der Waals surface area (Å²) in [5, 5.41) is 3.91. The molecule has 0 spiro atoms. The van der Waals surface area contributed by atoms with Crippen LogP contribution >= 0.6 is 15.9 Å². The molecule has 0 aliphatic carbocycles. The van der Waals surface area contributed by atoms with Crippen molar-refractivity contribution in [3.63, 3.8) is 0 Å². The van der Waals surface area contributed by atoms with Crippen molar-refractivity contribution >= 4 is 38.4 Å². The molecule has 0 radical (unpaired) electrons. The molecule has 3 rings (SSSR count). The number of aromatic nitrogens is 1. The van der Waals surface area contributed by atoms with Crippen LogP contribution in [0.25, 0.3) is 10.9 Å². The Kier molecular flexibility index (Phi) is 3.71. The molecule has 1 aromatic heterocycles. The molecule has 0 aliphatic heterocycles. The maximum atomic E-state index is 12.3. The molecule has 1 heterocycles. The predicted octanol–water partition coefficient (Wildman–Crippen LogP) is 4.56. The summed E-state index contributed by atoms with van der Waals surface area (Å²) >= 11 is 3.54. The number of nitrogens with one attached hydrogen (secondary N) is 1. The molecule has 0 unspecified atom stereocenters. The third-order valence-corrected chi connectivity index (χ3v) is 3.86. The fourth-order valence-electron chi connectivity index (χ4n) is 2.21. The predicted molar refractivity (Wildman–Crippen MR) is 88.6 cm³/mol. The van der Waals surface area contributed by atoms with Gasteiger partial charge in [0.15, 0.2) is 0 Å². The van der Waals surface area contributed by atoms with E-state index >= 15 is 0 Å². The van der Waals surface area contributed by atoms with Gasteiger partial charge in [0.2, 0.25) is 0 Å². The molecular formula is C17H13BrN2O. The van der Waals surface area contributed by atoms with Gasteiger partial charge in [-0.1, -0.05) is 46.3 Å². The number of aryl methyl sites for hydroxylation is 1. The number of benzene rings is 2. The molecule has 0 bridgehead atoms. The number of fused-ring (bicyclic) bond motifs is 1. The molecule has 0 aliphatic rings. The van der Waals surface area contributed by atoms with Crippen LogP contribution in [-0.4, -0.2) is 10.9 Å². The molecule has 0 atom stereocenters. The lowest BCUT2D eigenvalue weighted by Gasteiger charge is -2.10. The monoisotopic (exact) mass is 340 g/mol. The highest BCUT2D eigenvalue weighted by atomic mass is 79.9. The van der Waals surface area contributed by atoms with Crippen LogP contribution in [0.5, 0.6) is 0 Å². The van der Waals surface area contributed by atoms with Crippen molar-refractivity contribution in [3.8, 4) is 0 Å². The standard InChI is InChI=1S/C17H13BrN2O/c1-11-10-14(18)13-8-5-9-15(16(13)19-11)20-17(21)12-6-3-2-4-7-12/h2-10H,1H3,(H,20,21). The molecular weight excluding hydrogens is 328 g/mol. The molecule has 3 aromatic rings. The van der Waals surface area contributed by atoms with Gasteiger partial charge >= 0.3 is 0 Å². The zero-order chi connectivity index (χ0) is 14.8. The van der Waals surface area contributed by atoms with Crippen LogP contribution in [0.15, 0.2) is 59.1 Å². The fraction of sp³-hybridized carbons (Fsp3) is 0.0588.